The van der Waals surface area contributed by atoms with E-state index in [0.29, 0.717) is 0 Å². The van der Waals surface area contributed by atoms with Crippen molar-refractivity contribution in [2.45, 2.75) is 13.8 Å². The molecule has 0 saturated heterocycles. The van der Waals surface area contributed by atoms with Crippen molar-refractivity contribution in [2.75, 3.05) is 12.4 Å². The van der Waals surface area contributed by atoms with E-state index in [-0.39, 0.29) is 5.91 Å². The minimum Gasteiger partial charge on any atom is -0.497 e. The van der Waals surface area contributed by atoms with E-state index in [1.807, 2.05) is 25.1 Å². The van der Waals surface area contributed by atoms with Gasteiger partial charge in [-0.15, -0.1) is 0 Å². The molecule has 0 aliphatic heterocycles. The van der Waals surface area contributed by atoms with E-state index in [2.05, 4.69) is 5.32 Å². The summed E-state index contributed by atoms with van der Waals surface area (Å²) in [5.41, 5.74) is 1.78. The van der Waals surface area contributed by atoms with Gasteiger partial charge in [0.25, 0.3) is 0 Å². The van der Waals surface area contributed by atoms with Gasteiger partial charge < -0.3 is 10.1 Å². The first-order valence-corrected chi connectivity index (χ1v) is 4.75. The van der Waals surface area contributed by atoms with E-state index in [0.717, 1.165) is 17.0 Å². The Hall–Kier alpha value is -1.77. The van der Waals surface area contributed by atoms with Gasteiger partial charge in [0.1, 0.15) is 5.75 Å². The molecule has 0 unspecified atom stereocenters. The van der Waals surface area contributed by atoms with E-state index < -0.39 is 0 Å². The SMILES string of the molecule is CC=CC(=O)Nc1ccc(OC)cc1C. The van der Waals surface area contributed by atoms with Gasteiger partial charge in [-0.05, 0) is 43.7 Å². The van der Waals surface area contributed by atoms with Gasteiger partial charge in [-0.1, -0.05) is 6.08 Å². The van der Waals surface area contributed by atoms with E-state index in [1.165, 1.54) is 6.08 Å². The summed E-state index contributed by atoms with van der Waals surface area (Å²) >= 11 is 0. The number of carbonyl (C=O) groups excluding carboxylic acids is 1. The third-order valence-corrected chi connectivity index (χ3v) is 2.01. The fourth-order valence-corrected chi connectivity index (χ4v) is 1.23. The lowest BCUT2D eigenvalue weighted by Gasteiger charge is -2.08. The van der Waals surface area contributed by atoms with Crippen LogP contribution in [0.5, 0.6) is 5.75 Å². The van der Waals surface area contributed by atoms with Gasteiger partial charge in [0.15, 0.2) is 0 Å². The molecule has 3 heteroatoms. The van der Waals surface area contributed by atoms with Crippen molar-refractivity contribution in [3.8, 4) is 5.75 Å². The highest BCUT2D eigenvalue weighted by atomic mass is 16.5. The van der Waals surface area contributed by atoms with Crippen LogP contribution in [0.3, 0.4) is 0 Å². The molecule has 0 fully saturated rings. The van der Waals surface area contributed by atoms with Crippen LogP contribution in [-0.4, -0.2) is 13.0 Å². The average Bonchev–Trinajstić information content (AvgIpc) is 2.21. The molecule has 1 aromatic rings. The van der Waals surface area contributed by atoms with Gasteiger partial charge in [0, 0.05) is 5.69 Å². The molecule has 0 spiro atoms. The van der Waals surface area contributed by atoms with Crippen LogP contribution < -0.4 is 10.1 Å². The standard InChI is InChI=1S/C12H15NO2/c1-4-5-12(14)13-11-7-6-10(15-3)8-9(11)2/h4-8H,1-3H3,(H,13,14). The maximum absolute atomic E-state index is 11.3. The maximum atomic E-state index is 11.3. The second-order valence-electron chi connectivity index (χ2n) is 3.17. The minimum atomic E-state index is -0.120. The lowest BCUT2D eigenvalue weighted by Crippen LogP contribution is -2.08. The number of allylic oxidation sites excluding steroid dienone is 1. The van der Waals surface area contributed by atoms with Crippen molar-refractivity contribution >= 4 is 11.6 Å². The molecule has 0 bridgehead atoms. The van der Waals surface area contributed by atoms with Gasteiger partial charge in [0.2, 0.25) is 5.91 Å². The lowest BCUT2D eigenvalue weighted by atomic mass is 10.2. The minimum absolute atomic E-state index is 0.120. The number of methoxy groups -OCH3 is 1. The molecular weight excluding hydrogens is 190 g/mol. The monoisotopic (exact) mass is 205 g/mol. The summed E-state index contributed by atoms with van der Waals surface area (Å²) in [7, 11) is 1.62. The van der Waals surface area contributed by atoms with Crippen LogP contribution in [0, 0.1) is 6.92 Å². The summed E-state index contributed by atoms with van der Waals surface area (Å²) in [6.45, 7) is 3.73. The van der Waals surface area contributed by atoms with Crippen LogP contribution in [0.1, 0.15) is 12.5 Å². The van der Waals surface area contributed by atoms with Crippen LogP contribution in [-0.2, 0) is 4.79 Å². The zero-order valence-electron chi connectivity index (χ0n) is 9.20. The van der Waals surface area contributed by atoms with Crippen LogP contribution in [0.2, 0.25) is 0 Å². The predicted octanol–water partition coefficient (Wildman–Crippen LogP) is 2.52. The number of ether oxygens (including phenoxy) is 1. The second-order valence-corrected chi connectivity index (χ2v) is 3.17. The molecule has 0 atom stereocenters. The highest BCUT2D eigenvalue weighted by Crippen LogP contribution is 2.20. The summed E-state index contributed by atoms with van der Waals surface area (Å²) in [6.07, 6.45) is 3.19. The Bertz CT molecular complexity index is 383. The third kappa shape index (κ3) is 3.13. The zero-order valence-corrected chi connectivity index (χ0v) is 9.20. The number of rotatable bonds is 3. The lowest BCUT2D eigenvalue weighted by molar-refractivity contribution is -0.111. The number of nitrogens with one attached hydrogen (secondary N) is 1. The molecule has 0 radical (unpaired) electrons. The fraction of sp³-hybridized carbons (Fsp3) is 0.250. The molecule has 0 aliphatic carbocycles. The quantitative estimate of drug-likeness (QED) is 0.770. The highest BCUT2D eigenvalue weighted by molar-refractivity contribution is 5.99. The van der Waals surface area contributed by atoms with Crippen molar-refractivity contribution in [1.82, 2.24) is 0 Å². The summed E-state index contributed by atoms with van der Waals surface area (Å²) in [5.74, 6) is 0.669. The molecule has 0 aliphatic rings. The van der Waals surface area contributed by atoms with Gasteiger partial charge in [-0.2, -0.15) is 0 Å². The molecule has 1 rings (SSSR count). The first kappa shape index (κ1) is 11.3. The molecule has 0 saturated carbocycles. The van der Waals surface area contributed by atoms with Crippen LogP contribution in [0.25, 0.3) is 0 Å². The molecule has 15 heavy (non-hydrogen) atoms. The molecule has 0 aromatic heterocycles. The van der Waals surface area contributed by atoms with Crippen molar-refractivity contribution in [3.63, 3.8) is 0 Å². The Kier molecular flexibility index (Phi) is 3.92. The molecule has 1 N–H and O–H groups in total. The third-order valence-electron chi connectivity index (χ3n) is 2.01. The molecule has 0 heterocycles. The Balaban J connectivity index is 2.82. The van der Waals surface area contributed by atoms with Crippen LogP contribution in [0.15, 0.2) is 30.4 Å². The van der Waals surface area contributed by atoms with E-state index in [1.54, 1.807) is 20.1 Å². The van der Waals surface area contributed by atoms with Crippen molar-refractivity contribution in [1.29, 1.82) is 0 Å². The molecule has 1 aromatic carbocycles. The van der Waals surface area contributed by atoms with E-state index >= 15 is 0 Å². The number of carbonyl (C=O) groups is 1. The summed E-state index contributed by atoms with van der Waals surface area (Å²) in [5, 5.41) is 2.78. The highest BCUT2D eigenvalue weighted by Gasteiger charge is 2.02. The van der Waals surface area contributed by atoms with Crippen molar-refractivity contribution in [2.24, 2.45) is 0 Å². The molecule has 80 valence electrons. The van der Waals surface area contributed by atoms with Crippen LogP contribution in [0.4, 0.5) is 5.69 Å². The number of hydrogen-bond acceptors (Lipinski definition) is 2. The topological polar surface area (TPSA) is 38.3 Å². The number of benzene rings is 1. The van der Waals surface area contributed by atoms with Crippen molar-refractivity contribution < 1.29 is 9.53 Å². The van der Waals surface area contributed by atoms with Gasteiger partial charge in [0.05, 0.1) is 7.11 Å². The first-order valence-electron chi connectivity index (χ1n) is 4.75. The van der Waals surface area contributed by atoms with Crippen molar-refractivity contribution in [3.05, 3.63) is 35.9 Å². The Morgan fingerprint density at radius 2 is 2.20 bits per heavy atom. The van der Waals surface area contributed by atoms with Gasteiger partial charge in [-0.25, -0.2) is 0 Å². The number of amides is 1. The second kappa shape index (κ2) is 5.20. The van der Waals surface area contributed by atoms with Gasteiger partial charge in [-0.3, -0.25) is 4.79 Å². The first-order chi connectivity index (χ1) is 7.17. The summed E-state index contributed by atoms with van der Waals surface area (Å²) < 4.78 is 5.08. The summed E-state index contributed by atoms with van der Waals surface area (Å²) in [6, 6.07) is 5.53. The largest absolute Gasteiger partial charge is 0.497 e. The van der Waals surface area contributed by atoms with E-state index in [9.17, 15) is 4.79 Å². The maximum Gasteiger partial charge on any atom is 0.248 e. The Morgan fingerprint density at radius 1 is 1.47 bits per heavy atom. The Morgan fingerprint density at radius 3 is 2.73 bits per heavy atom. The van der Waals surface area contributed by atoms with Crippen LogP contribution >= 0.6 is 0 Å². The number of aryl methyl sites for hydroxylation is 1. The van der Waals surface area contributed by atoms with E-state index in [4.69, 9.17) is 4.74 Å². The van der Waals surface area contributed by atoms with Gasteiger partial charge >= 0.3 is 0 Å². The zero-order chi connectivity index (χ0) is 11.3. The Labute approximate surface area is 89.8 Å². The smallest absolute Gasteiger partial charge is 0.248 e. The molecule has 1 amide bonds. The summed E-state index contributed by atoms with van der Waals surface area (Å²) in [4.78, 5) is 11.3. The average molecular weight is 205 g/mol. The molecular formula is C12H15NO2. The molecule has 3 nitrogen and oxygen atoms in total. The number of anilines is 1. The number of hydrogen-bond donors (Lipinski definition) is 1. The fourth-order valence-electron chi connectivity index (χ4n) is 1.23. The normalized spacial score (nSPS) is 10.3. The predicted molar refractivity (Wildman–Crippen MR) is 61.2 cm³/mol.